The van der Waals surface area contributed by atoms with Crippen LogP contribution in [0.2, 0.25) is 0 Å². The maximum atomic E-state index is 11.8. The van der Waals surface area contributed by atoms with Crippen molar-refractivity contribution in [1.82, 2.24) is 0 Å². The molecule has 0 spiro atoms. The van der Waals surface area contributed by atoms with Crippen molar-refractivity contribution in [3.63, 3.8) is 0 Å². The summed E-state index contributed by atoms with van der Waals surface area (Å²) in [5.41, 5.74) is 1.15. The van der Waals surface area contributed by atoms with Gasteiger partial charge in [-0.2, -0.15) is 0 Å². The Kier molecular flexibility index (Phi) is 3.37. The quantitative estimate of drug-likeness (QED) is 0.812. The second kappa shape index (κ2) is 4.94. The monoisotopic (exact) mass is 232 g/mol. The van der Waals surface area contributed by atoms with E-state index in [1.54, 1.807) is 12.1 Å². The highest BCUT2D eigenvalue weighted by molar-refractivity contribution is 7.80. The zero-order valence-electron chi connectivity index (χ0n) is 8.92. The molecule has 16 heavy (non-hydrogen) atoms. The number of benzene rings is 2. The summed E-state index contributed by atoms with van der Waals surface area (Å²) in [6, 6.07) is 16.6. The van der Waals surface area contributed by atoms with Crippen LogP contribution in [0.3, 0.4) is 0 Å². The van der Waals surface area contributed by atoms with Crippen molar-refractivity contribution in [2.75, 3.05) is 0 Å². The van der Waals surface area contributed by atoms with Crippen molar-refractivity contribution in [3.05, 3.63) is 60.2 Å². The number of aryl methyl sites for hydroxylation is 1. The highest BCUT2D eigenvalue weighted by atomic mass is 32.2. The van der Waals surface area contributed by atoms with Gasteiger partial charge in [0.2, 0.25) is 11.1 Å². The molecular formula is C13H12O2S. The van der Waals surface area contributed by atoms with Gasteiger partial charge in [-0.3, -0.25) is 0 Å². The van der Waals surface area contributed by atoms with E-state index in [0.29, 0.717) is 10.6 Å². The summed E-state index contributed by atoms with van der Waals surface area (Å²) in [4.78, 5) is 0.670. The van der Waals surface area contributed by atoms with E-state index in [0.717, 1.165) is 5.56 Å². The Morgan fingerprint density at radius 2 is 1.56 bits per heavy atom. The second-order valence-corrected chi connectivity index (χ2v) is 4.55. The fraction of sp³-hybridized carbons (Fsp3) is 0.0769. The van der Waals surface area contributed by atoms with Gasteiger partial charge < -0.3 is 4.18 Å². The first kappa shape index (κ1) is 10.9. The molecule has 0 radical (unpaired) electrons. The van der Waals surface area contributed by atoms with Crippen LogP contribution in [0.5, 0.6) is 5.75 Å². The van der Waals surface area contributed by atoms with Crippen LogP contribution >= 0.6 is 0 Å². The molecule has 0 saturated carbocycles. The Morgan fingerprint density at radius 1 is 0.938 bits per heavy atom. The Bertz CT molecular complexity index is 477. The van der Waals surface area contributed by atoms with Crippen LogP contribution in [0, 0.1) is 6.92 Å². The fourth-order valence-corrected chi connectivity index (χ4v) is 2.02. The molecule has 0 heterocycles. The SMILES string of the molecule is Cc1ccc(O[S@](=O)c2ccccc2)cc1. The summed E-state index contributed by atoms with van der Waals surface area (Å²) in [7, 11) is 0. The van der Waals surface area contributed by atoms with Gasteiger partial charge in [0.25, 0.3) is 0 Å². The maximum Gasteiger partial charge on any atom is 0.240 e. The van der Waals surface area contributed by atoms with E-state index in [2.05, 4.69) is 0 Å². The first-order chi connectivity index (χ1) is 7.75. The van der Waals surface area contributed by atoms with Crippen molar-refractivity contribution in [1.29, 1.82) is 0 Å². The summed E-state index contributed by atoms with van der Waals surface area (Å²) < 4.78 is 17.1. The van der Waals surface area contributed by atoms with Crippen molar-refractivity contribution < 1.29 is 8.39 Å². The van der Waals surface area contributed by atoms with Crippen LogP contribution in [0.4, 0.5) is 0 Å². The minimum absolute atomic E-state index is 0.618. The van der Waals surface area contributed by atoms with Crippen molar-refractivity contribution in [3.8, 4) is 5.75 Å². The molecule has 0 aliphatic carbocycles. The lowest BCUT2D eigenvalue weighted by Gasteiger charge is -2.04. The summed E-state index contributed by atoms with van der Waals surface area (Å²) in [6.45, 7) is 2.00. The topological polar surface area (TPSA) is 26.3 Å². The third kappa shape index (κ3) is 2.70. The molecular weight excluding hydrogens is 220 g/mol. The van der Waals surface area contributed by atoms with Crippen molar-refractivity contribution in [2.45, 2.75) is 11.8 Å². The van der Waals surface area contributed by atoms with E-state index >= 15 is 0 Å². The lowest BCUT2D eigenvalue weighted by atomic mass is 10.2. The standard InChI is InChI=1S/C13H12O2S/c1-11-7-9-12(10-8-11)15-16(14)13-5-3-2-4-6-13/h2-10H,1H3/t16-/m0/s1. The number of hydrogen-bond donors (Lipinski definition) is 0. The van der Waals surface area contributed by atoms with Crippen LogP contribution < -0.4 is 4.18 Å². The van der Waals surface area contributed by atoms with Gasteiger partial charge in [-0.05, 0) is 31.2 Å². The molecule has 3 heteroatoms. The minimum atomic E-state index is -1.44. The Balaban J connectivity index is 2.11. The fourth-order valence-electron chi connectivity index (χ4n) is 1.26. The first-order valence-corrected chi connectivity index (χ1v) is 6.05. The van der Waals surface area contributed by atoms with E-state index in [-0.39, 0.29) is 0 Å². The largest absolute Gasteiger partial charge is 0.397 e. The predicted octanol–water partition coefficient (Wildman–Crippen LogP) is 3.10. The van der Waals surface area contributed by atoms with E-state index < -0.39 is 11.1 Å². The van der Waals surface area contributed by atoms with Gasteiger partial charge in [-0.15, -0.1) is 0 Å². The third-order valence-electron chi connectivity index (χ3n) is 2.13. The molecule has 2 aromatic rings. The highest BCUT2D eigenvalue weighted by Crippen LogP contribution is 2.15. The molecule has 0 N–H and O–H groups in total. The lowest BCUT2D eigenvalue weighted by Crippen LogP contribution is -2.00. The second-order valence-electron chi connectivity index (χ2n) is 3.44. The van der Waals surface area contributed by atoms with Crippen LogP contribution in [0.25, 0.3) is 0 Å². The molecule has 0 bridgehead atoms. The van der Waals surface area contributed by atoms with Crippen LogP contribution in [-0.4, -0.2) is 4.21 Å². The van der Waals surface area contributed by atoms with Gasteiger partial charge in [-0.1, -0.05) is 35.9 Å². The summed E-state index contributed by atoms with van der Waals surface area (Å²) >= 11 is -1.44. The average Bonchev–Trinajstić information content (AvgIpc) is 2.33. The molecule has 2 rings (SSSR count). The molecule has 0 aliphatic heterocycles. The van der Waals surface area contributed by atoms with Gasteiger partial charge >= 0.3 is 0 Å². The summed E-state index contributed by atoms with van der Waals surface area (Å²) in [5.74, 6) is 0.618. The molecule has 0 aliphatic rings. The van der Waals surface area contributed by atoms with Gasteiger partial charge in [-0.25, -0.2) is 4.21 Å². The van der Waals surface area contributed by atoms with Crippen molar-refractivity contribution >= 4 is 11.1 Å². The average molecular weight is 232 g/mol. The predicted molar refractivity (Wildman–Crippen MR) is 64.7 cm³/mol. The Morgan fingerprint density at radius 3 is 2.19 bits per heavy atom. The van der Waals surface area contributed by atoms with Crippen LogP contribution in [-0.2, 0) is 11.1 Å². The lowest BCUT2D eigenvalue weighted by molar-refractivity contribution is 0.562. The van der Waals surface area contributed by atoms with E-state index in [1.807, 2.05) is 49.4 Å². The molecule has 0 saturated heterocycles. The van der Waals surface area contributed by atoms with Gasteiger partial charge in [0.1, 0.15) is 5.75 Å². The molecule has 0 unspecified atom stereocenters. The zero-order chi connectivity index (χ0) is 11.4. The molecule has 0 aromatic heterocycles. The molecule has 2 nitrogen and oxygen atoms in total. The van der Waals surface area contributed by atoms with Gasteiger partial charge in [0, 0.05) is 0 Å². The molecule has 0 fully saturated rings. The normalized spacial score (nSPS) is 12.1. The van der Waals surface area contributed by atoms with Gasteiger partial charge in [0.15, 0.2) is 0 Å². The Hall–Kier alpha value is -1.61. The van der Waals surface area contributed by atoms with Gasteiger partial charge in [0.05, 0.1) is 4.90 Å². The Labute approximate surface area is 97.6 Å². The first-order valence-electron chi connectivity index (χ1n) is 4.97. The third-order valence-corrected chi connectivity index (χ3v) is 3.13. The number of rotatable bonds is 3. The van der Waals surface area contributed by atoms with E-state index in [9.17, 15) is 4.21 Å². The molecule has 2 aromatic carbocycles. The van der Waals surface area contributed by atoms with Crippen molar-refractivity contribution in [2.24, 2.45) is 0 Å². The smallest absolute Gasteiger partial charge is 0.240 e. The molecule has 82 valence electrons. The molecule has 0 amide bonds. The zero-order valence-corrected chi connectivity index (χ0v) is 9.74. The van der Waals surface area contributed by atoms with E-state index in [1.165, 1.54) is 0 Å². The summed E-state index contributed by atoms with van der Waals surface area (Å²) in [5, 5.41) is 0. The summed E-state index contributed by atoms with van der Waals surface area (Å²) in [6.07, 6.45) is 0. The van der Waals surface area contributed by atoms with Crippen LogP contribution in [0.1, 0.15) is 5.56 Å². The maximum absolute atomic E-state index is 11.8. The number of hydrogen-bond acceptors (Lipinski definition) is 2. The van der Waals surface area contributed by atoms with Crippen LogP contribution in [0.15, 0.2) is 59.5 Å². The molecule has 1 atom stereocenters. The van der Waals surface area contributed by atoms with E-state index in [4.69, 9.17) is 4.18 Å². The minimum Gasteiger partial charge on any atom is -0.397 e. The highest BCUT2D eigenvalue weighted by Gasteiger charge is 2.04.